The summed E-state index contributed by atoms with van der Waals surface area (Å²) in [4.78, 5) is 17.6. The van der Waals surface area contributed by atoms with Crippen molar-refractivity contribution in [2.24, 2.45) is 0 Å². The molecule has 3 aromatic heterocycles. The zero-order valence-corrected chi connectivity index (χ0v) is 15.2. The van der Waals surface area contributed by atoms with Crippen molar-refractivity contribution < 1.29 is 9.32 Å². The Morgan fingerprint density at radius 2 is 2.04 bits per heavy atom. The van der Waals surface area contributed by atoms with E-state index in [4.69, 9.17) is 4.52 Å². The molecule has 7 nitrogen and oxygen atoms in total. The van der Waals surface area contributed by atoms with Gasteiger partial charge in [0, 0.05) is 18.9 Å². The number of carbonyl (C=O) groups is 1. The molecule has 1 N–H and O–H groups in total. The normalized spacial score (nSPS) is 10.8. The number of carbonyl (C=O) groups excluding carboxylic acids is 1. The zero-order chi connectivity index (χ0) is 18.5. The molecule has 8 heteroatoms. The standard InChI is InChI=1S/C19H17N5O2S/c25-17(8-9-18-22-19(23-26-18)15-7-4-12-27-15)21-16-10-11-20-24(16)13-14-5-2-1-3-6-14/h1-7,10-12H,8-9,13H2,(H,21,25). The van der Waals surface area contributed by atoms with E-state index in [9.17, 15) is 4.79 Å². The molecule has 0 spiro atoms. The lowest BCUT2D eigenvalue weighted by Gasteiger charge is -2.08. The number of rotatable bonds is 7. The molecule has 0 unspecified atom stereocenters. The molecule has 1 amide bonds. The third-order valence-electron chi connectivity index (χ3n) is 3.93. The number of benzene rings is 1. The summed E-state index contributed by atoms with van der Waals surface area (Å²) in [6, 6.07) is 15.6. The fraction of sp³-hybridized carbons (Fsp3) is 0.158. The molecule has 0 saturated carbocycles. The Hall–Kier alpha value is -3.26. The number of hydrogen-bond donors (Lipinski definition) is 1. The minimum atomic E-state index is -0.124. The number of aromatic nitrogens is 4. The molecule has 0 radical (unpaired) electrons. The summed E-state index contributed by atoms with van der Waals surface area (Å²) in [7, 11) is 0. The van der Waals surface area contributed by atoms with Crippen LogP contribution in [0.25, 0.3) is 10.7 Å². The van der Waals surface area contributed by atoms with Crippen molar-refractivity contribution in [2.45, 2.75) is 19.4 Å². The van der Waals surface area contributed by atoms with Gasteiger partial charge in [-0.2, -0.15) is 10.1 Å². The number of nitrogens with zero attached hydrogens (tertiary/aromatic N) is 4. The highest BCUT2D eigenvalue weighted by Crippen LogP contribution is 2.21. The molecule has 0 aliphatic rings. The first-order valence-electron chi connectivity index (χ1n) is 8.50. The number of thiophene rings is 1. The maximum atomic E-state index is 12.3. The molecule has 0 atom stereocenters. The molecule has 3 heterocycles. The van der Waals surface area contributed by atoms with Gasteiger partial charge < -0.3 is 9.84 Å². The molecular formula is C19H17N5O2S. The van der Waals surface area contributed by atoms with Crippen LogP contribution in [0.3, 0.4) is 0 Å². The van der Waals surface area contributed by atoms with E-state index in [0.717, 1.165) is 10.4 Å². The molecule has 0 fully saturated rings. The van der Waals surface area contributed by atoms with E-state index in [1.54, 1.807) is 28.3 Å². The van der Waals surface area contributed by atoms with E-state index in [1.165, 1.54) is 0 Å². The summed E-state index contributed by atoms with van der Waals surface area (Å²) in [6.07, 6.45) is 2.31. The van der Waals surface area contributed by atoms with E-state index in [1.807, 2.05) is 47.8 Å². The van der Waals surface area contributed by atoms with Crippen molar-refractivity contribution in [1.82, 2.24) is 19.9 Å². The topological polar surface area (TPSA) is 85.8 Å². The number of amides is 1. The van der Waals surface area contributed by atoms with Crippen LogP contribution in [-0.4, -0.2) is 25.8 Å². The number of hydrogen-bond acceptors (Lipinski definition) is 6. The Labute approximate surface area is 159 Å². The van der Waals surface area contributed by atoms with E-state index in [2.05, 4.69) is 20.6 Å². The molecule has 0 aliphatic heterocycles. The molecule has 4 aromatic rings. The number of anilines is 1. The van der Waals surface area contributed by atoms with Crippen molar-refractivity contribution in [3.63, 3.8) is 0 Å². The fourth-order valence-corrected chi connectivity index (χ4v) is 3.26. The summed E-state index contributed by atoms with van der Waals surface area (Å²) in [5.41, 5.74) is 1.11. The first-order chi connectivity index (χ1) is 13.3. The monoisotopic (exact) mass is 379 g/mol. The highest BCUT2D eigenvalue weighted by atomic mass is 32.1. The van der Waals surface area contributed by atoms with Gasteiger partial charge in [-0.3, -0.25) is 4.79 Å². The maximum absolute atomic E-state index is 12.3. The van der Waals surface area contributed by atoms with Crippen LogP contribution in [-0.2, 0) is 17.8 Å². The molecule has 27 heavy (non-hydrogen) atoms. The Kier molecular flexibility index (Phi) is 5.06. The lowest BCUT2D eigenvalue weighted by molar-refractivity contribution is -0.116. The van der Waals surface area contributed by atoms with Crippen molar-refractivity contribution in [3.05, 3.63) is 71.6 Å². The van der Waals surface area contributed by atoms with Gasteiger partial charge in [-0.05, 0) is 17.0 Å². The summed E-state index contributed by atoms with van der Waals surface area (Å²) >= 11 is 1.54. The van der Waals surface area contributed by atoms with Crippen LogP contribution in [0.2, 0.25) is 0 Å². The number of aryl methyl sites for hydroxylation is 1. The largest absolute Gasteiger partial charge is 0.339 e. The quantitative estimate of drug-likeness (QED) is 0.530. The smallest absolute Gasteiger partial charge is 0.227 e. The molecule has 136 valence electrons. The van der Waals surface area contributed by atoms with Crippen molar-refractivity contribution in [2.75, 3.05) is 5.32 Å². The lowest BCUT2D eigenvalue weighted by Crippen LogP contribution is -2.16. The third-order valence-corrected chi connectivity index (χ3v) is 4.80. The molecule has 4 rings (SSSR count). The van der Waals surface area contributed by atoms with Crippen molar-refractivity contribution in [1.29, 1.82) is 0 Å². The minimum absolute atomic E-state index is 0.124. The Morgan fingerprint density at radius 3 is 2.85 bits per heavy atom. The highest BCUT2D eigenvalue weighted by Gasteiger charge is 2.12. The van der Waals surface area contributed by atoms with Crippen molar-refractivity contribution in [3.8, 4) is 10.7 Å². The van der Waals surface area contributed by atoms with Crippen LogP contribution in [0.15, 0.2) is 64.6 Å². The Bertz CT molecular complexity index is 1010. The average Bonchev–Trinajstić information content (AvgIpc) is 3.43. The van der Waals surface area contributed by atoms with Gasteiger partial charge in [0.25, 0.3) is 0 Å². The number of nitrogens with one attached hydrogen (secondary N) is 1. The van der Waals surface area contributed by atoms with E-state index < -0.39 is 0 Å². The van der Waals surface area contributed by atoms with E-state index in [-0.39, 0.29) is 12.3 Å². The van der Waals surface area contributed by atoms with Gasteiger partial charge in [-0.1, -0.05) is 41.6 Å². The summed E-state index contributed by atoms with van der Waals surface area (Å²) in [5, 5.41) is 13.1. The molecule has 1 aromatic carbocycles. The summed E-state index contributed by atoms with van der Waals surface area (Å²) in [5.74, 6) is 1.54. The van der Waals surface area contributed by atoms with Crippen LogP contribution in [0.1, 0.15) is 17.9 Å². The molecule has 0 bridgehead atoms. The second-order valence-corrected chi connectivity index (χ2v) is 6.84. The van der Waals surface area contributed by atoms with Gasteiger partial charge in [0.1, 0.15) is 5.82 Å². The predicted octanol–water partition coefficient (Wildman–Crippen LogP) is 3.61. The molecule has 0 aliphatic carbocycles. The first kappa shape index (κ1) is 17.2. The van der Waals surface area contributed by atoms with Crippen LogP contribution in [0, 0.1) is 0 Å². The first-order valence-corrected chi connectivity index (χ1v) is 9.38. The van der Waals surface area contributed by atoms with Crippen LogP contribution in [0.4, 0.5) is 5.82 Å². The second kappa shape index (κ2) is 7.96. The maximum Gasteiger partial charge on any atom is 0.227 e. The fourth-order valence-electron chi connectivity index (χ4n) is 2.61. The lowest BCUT2D eigenvalue weighted by atomic mass is 10.2. The van der Waals surface area contributed by atoms with Crippen LogP contribution >= 0.6 is 11.3 Å². The summed E-state index contributed by atoms with van der Waals surface area (Å²) in [6.45, 7) is 0.595. The predicted molar refractivity (Wildman–Crippen MR) is 102 cm³/mol. The Balaban J connectivity index is 1.33. The average molecular weight is 379 g/mol. The molecule has 0 saturated heterocycles. The van der Waals surface area contributed by atoms with Gasteiger partial charge >= 0.3 is 0 Å². The van der Waals surface area contributed by atoms with Gasteiger partial charge in [0.2, 0.25) is 17.6 Å². The third kappa shape index (κ3) is 4.29. The highest BCUT2D eigenvalue weighted by molar-refractivity contribution is 7.13. The van der Waals surface area contributed by atoms with Gasteiger partial charge in [0.15, 0.2) is 0 Å². The van der Waals surface area contributed by atoms with Crippen LogP contribution in [0.5, 0.6) is 0 Å². The minimum Gasteiger partial charge on any atom is -0.339 e. The van der Waals surface area contributed by atoms with E-state index >= 15 is 0 Å². The van der Waals surface area contributed by atoms with Gasteiger partial charge in [-0.15, -0.1) is 11.3 Å². The molecular weight excluding hydrogens is 362 g/mol. The van der Waals surface area contributed by atoms with Crippen LogP contribution < -0.4 is 5.32 Å². The van der Waals surface area contributed by atoms with Gasteiger partial charge in [-0.25, -0.2) is 4.68 Å². The van der Waals surface area contributed by atoms with E-state index in [0.29, 0.717) is 30.5 Å². The van der Waals surface area contributed by atoms with Crippen molar-refractivity contribution >= 4 is 23.1 Å². The zero-order valence-electron chi connectivity index (χ0n) is 14.4. The SMILES string of the molecule is O=C(CCc1nc(-c2cccs2)no1)Nc1ccnn1Cc1ccccc1. The summed E-state index contributed by atoms with van der Waals surface area (Å²) < 4.78 is 6.98. The van der Waals surface area contributed by atoms with Gasteiger partial charge in [0.05, 0.1) is 17.6 Å². The second-order valence-electron chi connectivity index (χ2n) is 5.90. The Morgan fingerprint density at radius 1 is 1.15 bits per heavy atom.